The van der Waals surface area contributed by atoms with Gasteiger partial charge in [-0.25, -0.2) is 0 Å². The number of hydrogen-bond acceptors (Lipinski definition) is 0. The van der Waals surface area contributed by atoms with Crippen LogP contribution in [0, 0.1) is 0 Å². The monoisotopic (exact) mass is 192 g/mol. The van der Waals surface area contributed by atoms with Crippen molar-refractivity contribution in [3.8, 4) is 0 Å². The summed E-state index contributed by atoms with van der Waals surface area (Å²) in [6.07, 6.45) is 3.76. The predicted molar refractivity (Wildman–Crippen MR) is 53.1 cm³/mol. The average Bonchev–Trinajstić information content (AvgIpc) is 2.05. The van der Waals surface area contributed by atoms with E-state index in [0.717, 1.165) is 17.9 Å². The lowest BCUT2D eigenvalue weighted by Gasteiger charge is -2.03. The zero-order chi connectivity index (χ0) is 8.85. The topological polar surface area (TPSA) is 0 Å². The number of halogens is 2. The third kappa shape index (κ3) is 3.31. The molecule has 0 N–H and O–H groups in total. The van der Waals surface area contributed by atoms with Gasteiger partial charge < -0.3 is 0 Å². The maximum atomic E-state index is 5.98. The molecule has 0 rings (SSSR count). The molecule has 0 unspecified atom stereocenters. The van der Waals surface area contributed by atoms with Crippen molar-refractivity contribution in [2.45, 2.75) is 33.6 Å². The van der Waals surface area contributed by atoms with Gasteiger partial charge in [0.25, 0.3) is 0 Å². The van der Waals surface area contributed by atoms with Gasteiger partial charge in [0, 0.05) is 0 Å². The Morgan fingerprint density at radius 1 is 1.18 bits per heavy atom. The minimum atomic E-state index is 0.658. The molecular formula is C9H14Cl2. The molecular weight excluding hydrogens is 179 g/mol. The van der Waals surface area contributed by atoms with Gasteiger partial charge in [0.05, 0.1) is 10.1 Å². The second-order valence-electron chi connectivity index (χ2n) is 2.26. The number of hydrogen-bond donors (Lipinski definition) is 0. The summed E-state index contributed by atoms with van der Waals surface area (Å²) in [6.45, 7) is 6.05. The van der Waals surface area contributed by atoms with Crippen LogP contribution in [0.4, 0.5) is 0 Å². The van der Waals surface area contributed by atoms with Gasteiger partial charge in [-0.2, -0.15) is 0 Å². The highest BCUT2D eigenvalue weighted by Crippen LogP contribution is 2.25. The van der Waals surface area contributed by atoms with E-state index in [2.05, 4.69) is 13.8 Å². The Labute approximate surface area is 78.9 Å². The molecule has 0 aliphatic heterocycles. The Bertz CT molecular complexity index is 172. The lowest BCUT2D eigenvalue weighted by atomic mass is 10.1. The minimum absolute atomic E-state index is 0.658. The Morgan fingerprint density at radius 3 is 1.91 bits per heavy atom. The summed E-state index contributed by atoms with van der Waals surface area (Å²) in [5.41, 5.74) is 1.22. The van der Waals surface area contributed by atoms with Crippen molar-refractivity contribution in [3.05, 3.63) is 21.7 Å². The summed E-state index contributed by atoms with van der Waals surface area (Å²) in [4.78, 5) is 0. The first-order chi connectivity index (χ1) is 5.17. The first kappa shape index (κ1) is 11.1. The molecule has 0 heterocycles. The Morgan fingerprint density at radius 2 is 1.64 bits per heavy atom. The summed E-state index contributed by atoms with van der Waals surface area (Å²) in [5.74, 6) is 0. The Hall–Kier alpha value is 0.0600. The van der Waals surface area contributed by atoms with Gasteiger partial charge in [0.2, 0.25) is 0 Å². The van der Waals surface area contributed by atoms with Gasteiger partial charge in [-0.05, 0) is 19.8 Å². The summed E-state index contributed by atoms with van der Waals surface area (Å²) >= 11 is 11.8. The molecule has 11 heavy (non-hydrogen) atoms. The van der Waals surface area contributed by atoms with Crippen LogP contribution in [0.1, 0.15) is 33.6 Å². The standard InChI is InChI=1S/C9H14Cl2/c1-4-7(5-2)9(11)8(10)6-3/h6H,4-5H2,1-3H3. The van der Waals surface area contributed by atoms with Crippen molar-refractivity contribution in [2.24, 2.45) is 0 Å². The lowest BCUT2D eigenvalue weighted by Crippen LogP contribution is -1.83. The smallest absolute Gasteiger partial charge is 0.0580 e. The van der Waals surface area contributed by atoms with Crippen LogP contribution in [0.2, 0.25) is 0 Å². The van der Waals surface area contributed by atoms with E-state index < -0.39 is 0 Å². The van der Waals surface area contributed by atoms with Crippen LogP contribution in [-0.4, -0.2) is 0 Å². The van der Waals surface area contributed by atoms with Crippen LogP contribution in [0.15, 0.2) is 21.7 Å². The summed E-state index contributed by atoms with van der Waals surface area (Å²) < 4.78 is 0. The summed E-state index contributed by atoms with van der Waals surface area (Å²) in [5, 5.41) is 1.38. The summed E-state index contributed by atoms with van der Waals surface area (Å²) in [6, 6.07) is 0. The van der Waals surface area contributed by atoms with Crippen molar-refractivity contribution in [1.29, 1.82) is 0 Å². The van der Waals surface area contributed by atoms with E-state index >= 15 is 0 Å². The fraction of sp³-hybridized carbons (Fsp3) is 0.556. The van der Waals surface area contributed by atoms with Crippen molar-refractivity contribution < 1.29 is 0 Å². The van der Waals surface area contributed by atoms with Crippen LogP contribution < -0.4 is 0 Å². The van der Waals surface area contributed by atoms with Crippen LogP contribution >= 0.6 is 23.2 Å². The maximum Gasteiger partial charge on any atom is 0.0580 e. The van der Waals surface area contributed by atoms with Gasteiger partial charge in [-0.1, -0.05) is 48.7 Å². The van der Waals surface area contributed by atoms with Crippen molar-refractivity contribution >= 4 is 23.2 Å². The molecule has 0 bridgehead atoms. The molecule has 0 atom stereocenters. The minimum Gasteiger partial charge on any atom is -0.0831 e. The van der Waals surface area contributed by atoms with Crippen LogP contribution in [0.5, 0.6) is 0 Å². The number of rotatable bonds is 3. The molecule has 0 radical (unpaired) electrons. The maximum absolute atomic E-state index is 5.98. The van der Waals surface area contributed by atoms with E-state index in [-0.39, 0.29) is 0 Å². The van der Waals surface area contributed by atoms with Gasteiger partial charge in [-0.3, -0.25) is 0 Å². The highest BCUT2D eigenvalue weighted by Gasteiger charge is 2.02. The highest BCUT2D eigenvalue weighted by atomic mass is 35.5. The van der Waals surface area contributed by atoms with Crippen molar-refractivity contribution in [1.82, 2.24) is 0 Å². The number of allylic oxidation sites excluding steroid dienone is 4. The Kier molecular flexibility index (Phi) is 5.71. The van der Waals surface area contributed by atoms with E-state index in [1.54, 1.807) is 0 Å². The third-order valence-corrected chi connectivity index (χ3v) is 2.60. The average molecular weight is 193 g/mol. The molecule has 0 spiro atoms. The molecule has 64 valence electrons. The molecule has 0 amide bonds. The molecule has 0 aromatic heterocycles. The molecule has 0 aromatic carbocycles. The van der Waals surface area contributed by atoms with Gasteiger partial charge in [0.1, 0.15) is 0 Å². The fourth-order valence-electron chi connectivity index (χ4n) is 0.856. The molecule has 0 nitrogen and oxygen atoms in total. The third-order valence-electron chi connectivity index (χ3n) is 1.63. The molecule has 0 fully saturated rings. The zero-order valence-electron chi connectivity index (χ0n) is 7.25. The molecule has 0 aliphatic rings. The van der Waals surface area contributed by atoms with Gasteiger partial charge in [0.15, 0.2) is 0 Å². The van der Waals surface area contributed by atoms with Crippen molar-refractivity contribution in [2.75, 3.05) is 0 Å². The highest BCUT2D eigenvalue weighted by molar-refractivity contribution is 6.44. The fourth-order valence-corrected chi connectivity index (χ4v) is 1.37. The van der Waals surface area contributed by atoms with Gasteiger partial charge >= 0.3 is 0 Å². The normalized spacial score (nSPS) is 11.5. The molecule has 0 saturated heterocycles. The Balaban J connectivity index is 4.61. The molecule has 0 aliphatic carbocycles. The van der Waals surface area contributed by atoms with Crippen molar-refractivity contribution in [3.63, 3.8) is 0 Å². The largest absolute Gasteiger partial charge is 0.0831 e. The quantitative estimate of drug-likeness (QED) is 0.581. The zero-order valence-corrected chi connectivity index (χ0v) is 8.76. The van der Waals surface area contributed by atoms with E-state index in [1.165, 1.54) is 5.57 Å². The SMILES string of the molecule is CC=C(Cl)C(Cl)=C(CC)CC. The van der Waals surface area contributed by atoms with Crippen LogP contribution in [0.25, 0.3) is 0 Å². The lowest BCUT2D eigenvalue weighted by molar-refractivity contribution is 0.971. The van der Waals surface area contributed by atoms with Crippen LogP contribution in [-0.2, 0) is 0 Å². The first-order valence-electron chi connectivity index (χ1n) is 3.87. The summed E-state index contributed by atoms with van der Waals surface area (Å²) in [7, 11) is 0. The molecule has 2 heteroatoms. The second-order valence-corrected chi connectivity index (χ2v) is 3.05. The predicted octanol–water partition coefficient (Wildman–Crippen LogP) is 4.44. The molecule has 0 aromatic rings. The van der Waals surface area contributed by atoms with Crippen LogP contribution in [0.3, 0.4) is 0 Å². The molecule has 0 saturated carbocycles. The van der Waals surface area contributed by atoms with E-state index in [1.807, 2.05) is 13.0 Å². The van der Waals surface area contributed by atoms with Gasteiger partial charge in [-0.15, -0.1) is 0 Å². The first-order valence-corrected chi connectivity index (χ1v) is 4.62. The second kappa shape index (κ2) is 5.68. The van der Waals surface area contributed by atoms with E-state index in [9.17, 15) is 0 Å². The van der Waals surface area contributed by atoms with E-state index in [4.69, 9.17) is 23.2 Å². The van der Waals surface area contributed by atoms with E-state index in [0.29, 0.717) is 5.03 Å².